The van der Waals surface area contributed by atoms with Crippen LogP contribution in [-0.4, -0.2) is 38.0 Å². The van der Waals surface area contributed by atoms with E-state index in [4.69, 9.17) is 0 Å². The van der Waals surface area contributed by atoms with E-state index in [1.54, 1.807) is 0 Å². The predicted molar refractivity (Wildman–Crippen MR) is 94.5 cm³/mol. The molecule has 0 aliphatic carbocycles. The Morgan fingerprint density at radius 2 is 1.57 bits per heavy atom. The van der Waals surface area contributed by atoms with Crippen LogP contribution in [0.4, 0.5) is 4.79 Å². The summed E-state index contributed by atoms with van der Waals surface area (Å²) in [5, 5.41) is 8.97. The zero-order valence-electron chi connectivity index (χ0n) is 15.0. The minimum Gasteiger partial charge on any atom is -0.338 e. The second-order valence-corrected chi connectivity index (χ2v) is 7.07. The second kappa shape index (κ2) is 12.3. The summed E-state index contributed by atoms with van der Waals surface area (Å²) in [5.41, 5.74) is 0. The summed E-state index contributed by atoms with van der Waals surface area (Å²) in [6.07, 6.45) is 8.89. The lowest BCUT2D eigenvalue weighted by atomic mass is 9.90. The van der Waals surface area contributed by atoms with E-state index in [-0.39, 0.29) is 24.3 Å². The summed E-state index contributed by atoms with van der Waals surface area (Å²) in [6.45, 7) is 7.08. The van der Waals surface area contributed by atoms with E-state index >= 15 is 0 Å². The van der Waals surface area contributed by atoms with Crippen molar-refractivity contribution in [2.24, 2.45) is 11.8 Å². The molecule has 3 N–H and O–H groups in total. The molecule has 1 fully saturated rings. The molecular formula is C18H35N3O2. The Bertz CT molecular complexity index is 333. The van der Waals surface area contributed by atoms with Gasteiger partial charge in [-0.15, -0.1) is 0 Å². The SMILES string of the molecule is CC(C)CNC(=O)NCC(=O)C1CCCCCNCCCCC1. The highest BCUT2D eigenvalue weighted by atomic mass is 16.2. The highest BCUT2D eigenvalue weighted by molar-refractivity contribution is 5.87. The monoisotopic (exact) mass is 325 g/mol. The first kappa shape index (κ1) is 19.9. The van der Waals surface area contributed by atoms with Gasteiger partial charge in [-0.3, -0.25) is 4.79 Å². The minimum atomic E-state index is -0.230. The van der Waals surface area contributed by atoms with Crippen LogP contribution in [0, 0.1) is 11.8 Å². The number of hydrogen-bond acceptors (Lipinski definition) is 3. The van der Waals surface area contributed by atoms with E-state index in [9.17, 15) is 9.59 Å². The molecule has 0 saturated carbocycles. The van der Waals surface area contributed by atoms with Gasteiger partial charge in [-0.25, -0.2) is 4.79 Å². The third-order valence-electron chi connectivity index (χ3n) is 4.36. The Morgan fingerprint density at radius 1 is 0.957 bits per heavy atom. The van der Waals surface area contributed by atoms with Crippen LogP contribution in [0.25, 0.3) is 0 Å². The number of amides is 2. The Balaban J connectivity index is 2.32. The number of rotatable bonds is 5. The summed E-state index contributed by atoms with van der Waals surface area (Å²) < 4.78 is 0. The topological polar surface area (TPSA) is 70.2 Å². The molecule has 0 radical (unpaired) electrons. The van der Waals surface area contributed by atoms with Gasteiger partial charge in [-0.1, -0.05) is 39.5 Å². The van der Waals surface area contributed by atoms with E-state index in [2.05, 4.69) is 16.0 Å². The largest absolute Gasteiger partial charge is 0.338 e. The third-order valence-corrected chi connectivity index (χ3v) is 4.36. The number of Topliss-reactive ketones (excluding diaryl/α,β-unsaturated/α-hetero) is 1. The van der Waals surface area contributed by atoms with Gasteiger partial charge in [0.15, 0.2) is 5.78 Å². The fourth-order valence-electron chi connectivity index (χ4n) is 2.90. The fourth-order valence-corrected chi connectivity index (χ4v) is 2.90. The van der Waals surface area contributed by atoms with Gasteiger partial charge < -0.3 is 16.0 Å². The van der Waals surface area contributed by atoms with Crippen molar-refractivity contribution in [3.63, 3.8) is 0 Å². The molecule has 2 amide bonds. The number of carbonyl (C=O) groups is 2. The molecule has 5 nitrogen and oxygen atoms in total. The molecule has 1 aliphatic rings. The Labute approximate surface area is 141 Å². The molecule has 0 spiro atoms. The molecular weight excluding hydrogens is 290 g/mol. The maximum atomic E-state index is 12.4. The zero-order valence-corrected chi connectivity index (χ0v) is 15.0. The first-order valence-electron chi connectivity index (χ1n) is 9.34. The van der Waals surface area contributed by atoms with Gasteiger partial charge in [0.05, 0.1) is 6.54 Å². The van der Waals surface area contributed by atoms with Crippen LogP contribution in [-0.2, 0) is 4.79 Å². The highest BCUT2D eigenvalue weighted by Gasteiger charge is 2.18. The van der Waals surface area contributed by atoms with Crippen molar-refractivity contribution in [3.05, 3.63) is 0 Å². The van der Waals surface area contributed by atoms with Gasteiger partial charge in [-0.2, -0.15) is 0 Å². The van der Waals surface area contributed by atoms with Gasteiger partial charge in [0.1, 0.15) is 0 Å². The molecule has 0 aromatic heterocycles. The van der Waals surface area contributed by atoms with Crippen LogP contribution in [0.2, 0.25) is 0 Å². The molecule has 23 heavy (non-hydrogen) atoms. The lowest BCUT2D eigenvalue weighted by Crippen LogP contribution is -2.41. The Morgan fingerprint density at radius 3 is 2.13 bits per heavy atom. The number of hydrogen-bond donors (Lipinski definition) is 3. The van der Waals surface area contributed by atoms with Crippen molar-refractivity contribution in [2.75, 3.05) is 26.2 Å². The van der Waals surface area contributed by atoms with Crippen molar-refractivity contribution >= 4 is 11.8 Å². The maximum Gasteiger partial charge on any atom is 0.315 e. The summed E-state index contributed by atoms with van der Waals surface area (Å²) >= 11 is 0. The van der Waals surface area contributed by atoms with E-state index in [0.717, 1.165) is 38.8 Å². The van der Waals surface area contributed by atoms with Crippen molar-refractivity contribution < 1.29 is 9.59 Å². The molecule has 134 valence electrons. The average Bonchev–Trinajstić information content (AvgIpc) is 2.51. The number of nitrogens with one attached hydrogen (secondary N) is 3. The van der Waals surface area contributed by atoms with Gasteiger partial charge in [0, 0.05) is 12.5 Å². The molecule has 1 aliphatic heterocycles. The lowest BCUT2D eigenvalue weighted by Gasteiger charge is -2.17. The third kappa shape index (κ3) is 10.3. The average molecular weight is 325 g/mol. The predicted octanol–water partition coefficient (Wildman–Crippen LogP) is 2.85. The van der Waals surface area contributed by atoms with E-state index in [0.29, 0.717) is 12.5 Å². The molecule has 0 unspecified atom stereocenters. The molecule has 5 heteroatoms. The normalized spacial score (nSPS) is 18.7. The van der Waals surface area contributed by atoms with E-state index in [1.165, 1.54) is 25.7 Å². The zero-order chi connectivity index (χ0) is 16.9. The smallest absolute Gasteiger partial charge is 0.315 e. The summed E-state index contributed by atoms with van der Waals surface area (Å²) in [4.78, 5) is 24.1. The maximum absolute atomic E-state index is 12.4. The number of urea groups is 1. The molecule has 0 aromatic rings. The van der Waals surface area contributed by atoms with Crippen LogP contribution in [0.15, 0.2) is 0 Å². The van der Waals surface area contributed by atoms with Crippen LogP contribution in [0.5, 0.6) is 0 Å². The first-order chi connectivity index (χ1) is 11.1. The molecule has 0 atom stereocenters. The van der Waals surface area contributed by atoms with Crippen LogP contribution >= 0.6 is 0 Å². The molecule has 0 aromatic carbocycles. The molecule has 1 saturated heterocycles. The van der Waals surface area contributed by atoms with E-state index < -0.39 is 0 Å². The minimum absolute atomic E-state index is 0.118. The van der Waals surface area contributed by atoms with Gasteiger partial charge in [0.25, 0.3) is 0 Å². The Hall–Kier alpha value is -1.10. The molecule has 1 rings (SSSR count). The summed E-state index contributed by atoms with van der Waals surface area (Å²) in [7, 11) is 0. The molecule has 0 bridgehead atoms. The Kier molecular flexibility index (Phi) is 10.7. The lowest BCUT2D eigenvalue weighted by molar-refractivity contribution is -0.122. The highest BCUT2D eigenvalue weighted by Crippen LogP contribution is 2.19. The van der Waals surface area contributed by atoms with Crippen molar-refractivity contribution in [1.82, 2.24) is 16.0 Å². The second-order valence-electron chi connectivity index (χ2n) is 7.07. The van der Waals surface area contributed by atoms with Crippen molar-refractivity contribution in [3.8, 4) is 0 Å². The van der Waals surface area contributed by atoms with Gasteiger partial charge in [0.2, 0.25) is 0 Å². The van der Waals surface area contributed by atoms with Gasteiger partial charge in [-0.05, 0) is 44.7 Å². The quantitative estimate of drug-likeness (QED) is 0.728. The summed E-state index contributed by atoms with van der Waals surface area (Å²) in [5.74, 6) is 0.727. The van der Waals surface area contributed by atoms with Crippen LogP contribution in [0.3, 0.4) is 0 Å². The standard InChI is InChI=1S/C18H35N3O2/c1-15(2)13-20-18(23)21-14-17(22)16-9-5-3-7-11-19-12-8-4-6-10-16/h15-16,19H,3-14H2,1-2H3,(H2,20,21,23). The van der Waals surface area contributed by atoms with Crippen molar-refractivity contribution in [2.45, 2.75) is 65.2 Å². The summed E-state index contributed by atoms with van der Waals surface area (Å²) in [6, 6.07) is -0.230. The number of ketones is 1. The van der Waals surface area contributed by atoms with Crippen LogP contribution in [0.1, 0.15) is 65.2 Å². The van der Waals surface area contributed by atoms with E-state index in [1.807, 2.05) is 13.8 Å². The molecule has 1 heterocycles. The van der Waals surface area contributed by atoms with Crippen LogP contribution < -0.4 is 16.0 Å². The number of carbonyl (C=O) groups excluding carboxylic acids is 2. The van der Waals surface area contributed by atoms with Gasteiger partial charge >= 0.3 is 6.03 Å². The first-order valence-corrected chi connectivity index (χ1v) is 9.34. The van der Waals surface area contributed by atoms with Crippen molar-refractivity contribution in [1.29, 1.82) is 0 Å². The fraction of sp³-hybridized carbons (Fsp3) is 0.889.